The van der Waals surface area contributed by atoms with Crippen LogP contribution in [0.15, 0.2) is 22.7 Å². The van der Waals surface area contributed by atoms with Gasteiger partial charge in [-0.2, -0.15) is 13.2 Å². The van der Waals surface area contributed by atoms with E-state index in [9.17, 15) is 13.2 Å². The van der Waals surface area contributed by atoms with Gasteiger partial charge in [-0.15, -0.1) is 0 Å². The smallest absolute Gasteiger partial charge is 0.395 e. The molecule has 0 amide bonds. The number of benzene rings is 1. The summed E-state index contributed by atoms with van der Waals surface area (Å²) in [6, 6.07) is 5.17. The molecule has 0 fully saturated rings. The predicted molar refractivity (Wildman–Crippen MR) is 72.3 cm³/mol. The maximum atomic E-state index is 12.6. The van der Waals surface area contributed by atoms with Crippen molar-refractivity contribution in [3.8, 4) is 0 Å². The van der Waals surface area contributed by atoms with E-state index in [1.165, 1.54) is 0 Å². The van der Waals surface area contributed by atoms with E-state index >= 15 is 0 Å². The molecule has 0 saturated heterocycles. The Morgan fingerprint density at radius 2 is 2.05 bits per heavy atom. The van der Waals surface area contributed by atoms with Gasteiger partial charge in [0.25, 0.3) is 0 Å². The topological polar surface area (TPSA) is 35.5 Å². The van der Waals surface area contributed by atoms with Crippen molar-refractivity contribution in [3.63, 3.8) is 0 Å². The highest BCUT2D eigenvalue weighted by Gasteiger charge is 2.31. The van der Waals surface area contributed by atoms with Crippen molar-refractivity contribution in [1.29, 1.82) is 0 Å². The quantitative estimate of drug-likeness (QED) is 0.835. The van der Waals surface area contributed by atoms with Crippen LogP contribution in [0, 0.1) is 0 Å². The first-order chi connectivity index (χ1) is 8.87. The van der Waals surface area contributed by atoms with Crippen LogP contribution in [0.25, 0.3) is 0 Å². The SMILES string of the molecule is CNCc1ccc(Br)cc1N(CCO)CC(F)(F)F. The number of anilines is 1. The Morgan fingerprint density at radius 1 is 1.37 bits per heavy atom. The fourth-order valence-corrected chi connectivity index (χ4v) is 2.14. The second kappa shape index (κ2) is 7.12. The zero-order chi connectivity index (χ0) is 14.5. The van der Waals surface area contributed by atoms with Crippen molar-refractivity contribution in [2.45, 2.75) is 12.7 Å². The highest BCUT2D eigenvalue weighted by Crippen LogP contribution is 2.28. The number of hydrogen-bond acceptors (Lipinski definition) is 3. The summed E-state index contributed by atoms with van der Waals surface area (Å²) < 4.78 is 38.4. The molecular formula is C12H16BrF3N2O. The number of halogens is 4. The normalized spacial score (nSPS) is 11.7. The average Bonchev–Trinajstić information content (AvgIpc) is 2.29. The molecule has 0 saturated carbocycles. The molecular weight excluding hydrogens is 325 g/mol. The molecule has 1 aromatic carbocycles. The van der Waals surface area contributed by atoms with Crippen LogP contribution in [0.5, 0.6) is 0 Å². The first-order valence-electron chi connectivity index (χ1n) is 5.73. The number of hydrogen-bond donors (Lipinski definition) is 2. The number of nitrogens with one attached hydrogen (secondary N) is 1. The molecule has 0 aliphatic carbocycles. The maximum absolute atomic E-state index is 12.6. The van der Waals surface area contributed by atoms with Crippen LogP contribution in [-0.4, -0.2) is 38.0 Å². The average molecular weight is 341 g/mol. The lowest BCUT2D eigenvalue weighted by atomic mass is 10.1. The Bertz CT molecular complexity index is 412. The molecule has 19 heavy (non-hydrogen) atoms. The molecule has 108 valence electrons. The van der Waals surface area contributed by atoms with Crippen molar-refractivity contribution in [2.24, 2.45) is 0 Å². The molecule has 0 heterocycles. The van der Waals surface area contributed by atoms with E-state index in [1.807, 2.05) is 0 Å². The zero-order valence-electron chi connectivity index (χ0n) is 10.5. The first-order valence-corrected chi connectivity index (χ1v) is 6.52. The Labute approximate surface area is 118 Å². The van der Waals surface area contributed by atoms with Gasteiger partial charge < -0.3 is 15.3 Å². The third kappa shape index (κ3) is 5.38. The van der Waals surface area contributed by atoms with E-state index in [0.717, 1.165) is 10.5 Å². The molecule has 7 heteroatoms. The summed E-state index contributed by atoms with van der Waals surface area (Å²) in [5.41, 5.74) is 1.22. The van der Waals surface area contributed by atoms with Gasteiger partial charge >= 0.3 is 6.18 Å². The van der Waals surface area contributed by atoms with Crippen LogP contribution >= 0.6 is 15.9 Å². The monoisotopic (exact) mass is 340 g/mol. The van der Waals surface area contributed by atoms with Gasteiger partial charge in [-0.05, 0) is 24.7 Å². The second-order valence-electron chi connectivity index (χ2n) is 4.06. The lowest BCUT2D eigenvalue weighted by Crippen LogP contribution is -2.37. The second-order valence-corrected chi connectivity index (χ2v) is 4.98. The minimum absolute atomic E-state index is 0.0628. The Balaban J connectivity index is 3.08. The van der Waals surface area contributed by atoms with Crippen LogP contribution in [-0.2, 0) is 6.54 Å². The fraction of sp³-hybridized carbons (Fsp3) is 0.500. The highest BCUT2D eigenvalue weighted by atomic mass is 79.9. The number of aliphatic hydroxyl groups is 1. The molecule has 0 aliphatic rings. The van der Waals surface area contributed by atoms with E-state index in [2.05, 4.69) is 21.2 Å². The molecule has 1 rings (SSSR count). The third-order valence-electron chi connectivity index (χ3n) is 2.50. The first kappa shape index (κ1) is 16.3. The predicted octanol–water partition coefficient (Wildman–Crippen LogP) is 2.53. The molecule has 0 aliphatic heterocycles. The molecule has 0 spiro atoms. The molecule has 0 bridgehead atoms. The molecule has 0 atom stereocenters. The van der Waals surface area contributed by atoms with Crippen molar-refractivity contribution in [3.05, 3.63) is 28.2 Å². The van der Waals surface area contributed by atoms with E-state index in [-0.39, 0.29) is 13.2 Å². The lowest BCUT2D eigenvalue weighted by molar-refractivity contribution is -0.119. The number of nitrogens with zero attached hydrogens (tertiary/aromatic N) is 1. The van der Waals surface area contributed by atoms with E-state index in [4.69, 9.17) is 5.11 Å². The molecule has 1 aromatic rings. The van der Waals surface area contributed by atoms with Gasteiger partial charge in [0.1, 0.15) is 6.54 Å². The Kier molecular flexibility index (Phi) is 6.09. The van der Waals surface area contributed by atoms with Crippen LogP contribution in [0.3, 0.4) is 0 Å². The minimum Gasteiger partial charge on any atom is -0.395 e. The summed E-state index contributed by atoms with van der Waals surface area (Å²) in [5, 5.41) is 11.9. The summed E-state index contributed by atoms with van der Waals surface area (Å²) in [5.74, 6) is 0. The number of rotatable bonds is 6. The van der Waals surface area contributed by atoms with Crippen molar-refractivity contribution in [2.75, 3.05) is 31.6 Å². The molecule has 0 unspecified atom stereocenters. The zero-order valence-corrected chi connectivity index (χ0v) is 12.1. The lowest BCUT2D eigenvalue weighted by Gasteiger charge is -2.27. The number of alkyl halides is 3. The van der Waals surface area contributed by atoms with Gasteiger partial charge in [-0.3, -0.25) is 0 Å². The summed E-state index contributed by atoms with van der Waals surface area (Å²) in [6.07, 6.45) is -4.31. The maximum Gasteiger partial charge on any atom is 0.405 e. The summed E-state index contributed by atoms with van der Waals surface area (Å²) in [6.45, 7) is -1.02. The van der Waals surface area contributed by atoms with Gasteiger partial charge in [-0.25, -0.2) is 0 Å². The highest BCUT2D eigenvalue weighted by molar-refractivity contribution is 9.10. The van der Waals surface area contributed by atoms with Crippen LogP contribution in [0.1, 0.15) is 5.56 Å². The largest absolute Gasteiger partial charge is 0.405 e. The third-order valence-corrected chi connectivity index (χ3v) is 2.99. The van der Waals surface area contributed by atoms with Crippen LogP contribution in [0.4, 0.5) is 18.9 Å². The van der Waals surface area contributed by atoms with Crippen molar-refractivity contribution < 1.29 is 18.3 Å². The van der Waals surface area contributed by atoms with Crippen molar-refractivity contribution >= 4 is 21.6 Å². The van der Waals surface area contributed by atoms with Crippen LogP contribution in [0.2, 0.25) is 0 Å². The molecule has 0 radical (unpaired) electrons. The van der Waals surface area contributed by atoms with E-state index < -0.39 is 12.7 Å². The van der Waals surface area contributed by atoms with Gasteiger partial charge in [-0.1, -0.05) is 22.0 Å². The van der Waals surface area contributed by atoms with E-state index in [0.29, 0.717) is 16.7 Å². The molecule has 0 aromatic heterocycles. The fourth-order valence-electron chi connectivity index (χ4n) is 1.79. The Hall–Kier alpha value is -0.790. The van der Waals surface area contributed by atoms with Crippen LogP contribution < -0.4 is 10.2 Å². The van der Waals surface area contributed by atoms with Gasteiger partial charge in [0.05, 0.1) is 6.61 Å². The van der Waals surface area contributed by atoms with Gasteiger partial charge in [0.15, 0.2) is 0 Å². The summed E-state index contributed by atoms with van der Waals surface area (Å²) in [7, 11) is 1.73. The molecule has 2 N–H and O–H groups in total. The van der Waals surface area contributed by atoms with Gasteiger partial charge in [0.2, 0.25) is 0 Å². The van der Waals surface area contributed by atoms with Gasteiger partial charge in [0, 0.05) is 23.2 Å². The summed E-state index contributed by atoms with van der Waals surface area (Å²) in [4.78, 5) is 1.14. The molecule has 3 nitrogen and oxygen atoms in total. The standard InChI is InChI=1S/C12H16BrF3N2O/c1-17-7-9-2-3-10(13)6-11(9)18(4-5-19)8-12(14,15)16/h2-3,6,17,19H,4-5,7-8H2,1H3. The van der Waals surface area contributed by atoms with Crippen molar-refractivity contribution in [1.82, 2.24) is 5.32 Å². The minimum atomic E-state index is -4.31. The Morgan fingerprint density at radius 3 is 2.58 bits per heavy atom. The summed E-state index contributed by atoms with van der Waals surface area (Å²) >= 11 is 3.26. The number of aliphatic hydroxyl groups excluding tert-OH is 1. The van der Waals surface area contributed by atoms with E-state index in [1.54, 1.807) is 25.2 Å².